The average molecular weight is 415 g/mol. The van der Waals surface area contributed by atoms with Gasteiger partial charge in [-0.25, -0.2) is 0 Å². The molecule has 164 valence electrons. The summed E-state index contributed by atoms with van der Waals surface area (Å²) in [7, 11) is 2.09. The van der Waals surface area contributed by atoms with E-state index in [1.54, 1.807) is 0 Å². The molecule has 0 unspecified atom stereocenters. The molecule has 0 bridgehead atoms. The van der Waals surface area contributed by atoms with Gasteiger partial charge in [0.15, 0.2) is 5.76 Å². The van der Waals surface area contributed by atoms with Crippen LogP contribution >= 0.6 is 0 Å². The maximum Gasteiger partial charge on any atom is 0.288 e. The third kappa shape index (κ3) is 5.23. The number of nitrogens with zero attached hydrogens (tertiary/aromatic N) is 2. The summed E-state index contributed by atoms with van der Waals surface area (Å²) in [6.45, 7) is 3.76. The topological polar surface area (TPSA) is 62.2 Å². The number of ether oxygens (including phenoxy) is 2. The van der Waals surface area contributed by atoms with Crippen molar-refractivity contribution in [3.05, 3.63) is 47.2 Å². The lowest BCUT2D eigenvalue weighted by Gasteiger charge is -2.36. The molecule has 0 radical (unpaired) electrons. The summed E-state index contributed by atoms with van der Waals surface area (Å²) in [4.78, 5) is 17.3. The smallest absolute Gasteiger partial charge is 0.288 e. The fourth-order valence-corrected chi connectivity index (χ4v) is 4.75. The normalized spacial score (nSPS) is 25.8. The van der Waals surface area contributed by atoms with E-state index in [0.29, 0.717) is 24.2 Å². The maximum atomic E-state index is 13.1. The van der Waals surface area contributed by atoms with Gasteiger partial charge in [0, 0.05) is 32.6 Å². The summed E-state index contributed by atoms with van der Waals surface area (Å²) in [5, 5.41) is 9.20. The molecule has 0 spiro atoms. The van der Waals surface area contributed by atoms with Gasteiger partial charge in [0.1, 0.15) is 0 Å². The molecule has 2 atom stereocenters. The minimum absolute atomic E-state index is 0.00620. The molecule has 1 aromatic rings. The summed E-state index contributed by atoms with van der Waals surface area (Å²) in [5.74, 6) is 1.45. The van der Waals surface area contributed by atoms with Crippen LogP contribution in [0.4, 0.5) is 0 Å². The van der Waals surface area contributed by atoms with Crippen molar-refractivity contribution in [2.75, 3.05) is 33.2 Å². The highest BCUT2D eigenvalue weighted by molar-refractivity contribution is 5.91. The van der Waals surface area contributed by atoms with Gasteiger partial charge in [0.2, 0.25) is 6.29 Å². The van der Waals surface area contributed by atoms with Gasteiger partial charge < -0.3 is 24.4 Å². The molecular weight excluding hydrogens is 380 g/mol. The summed E-state index contributed by atoms with van der Waals surface area (Å²) in [6.07, 6.45) is 7.51. The first-order valence-electron chi connectivity index (χ1n) is 11.3. The van der Waals surface area contributed by atoms with Crippen molar-refractivity contribution in [1.29, 1.82) is 0 Å². The maximum absolute atomic E-state index is 13.1. The van der Waals surface area contributed by atoms with Gasteiger partial charge in [-0.05, 0) is 48.9 Å². The second kappa shape index (κ2) is 9.94. The van der Waals surface area contributed by atoms with E-state index in [-0.39, 0.29) is 12.5 Å². The molecule has 2 fully saturated rings. The largest absolute Gasteiger partial charge is 0.459 e. The van der Waals surface area contributed by atoms with Crippen molar-refractivity contribution >= 4 is 5.91 Å². The number of allylic oxidation sites excluding steroid dienone is 1. The van der Waals surface area contributed by atoms with Crippen molar-refractivity contribution in [3.8, 4) is 0 Å². The molecule has 1 aliphatic carbocycles. The average Bonchev–Trinajstić information content (AvgIpc) is 3.33. The molecule has 1 aromatic carbocycles. The zero-order valence-corrected chi connectivity index (χ0v) is 18.0. The van der Waals surface area contributed by atoms with E-state index >= 15 is 0 Å². The van der Waals surface area contributed by atoms with Crippen LogP contribution in [-0.2, 0) is 27.5 Å². The number of amides is 1. The molecule has 1 saturated heterocycles. The Morgan fingerprint density at radius 1 is 1.10 bits per heavy atom. The predicted octanol–water partition coefficient (Wildman–Crippen LogP) is 2.91. The number of benzene rings is 1. The molecule has 2 heterocycles. The van der Waals surface area contributed by atoms with E-state index in [4.69, 9.17) is 9.47 Å². The zero-order chi connectivity index (χ0) is 20.9. The van der Waals surface area contributed by atoms with Crippen LogP contribution in [0.15, 0.2) is 36.1 Å². The number of piperazine rings is 1. The lowest BCUT2D eigenvalue weighted by molar-refractivity contribution is -0.161. The van der Waals surface area contributed by atoms with Gasteiger partial charge in [-0.1, -0.05) is 37.1 Å². The lowest BCUT2D eigenvalue weighted by Crippen LogP contribution is -2.48. The summed E-state index contributed by atoms with van der Waals surface area (Å²) in [5.41, 5.74) is 1.92. The second-order valence-corrected chi connectivity index (χ2v) is 8.90. The molecule has 3 aliphatic rings. The van der Waals surface area contributed by atoms with Crippen molar-refractivity contribution in [2.45, 2.75) is 51.6 Å². The van der Waals surface area contributed by atoms with Gasteiger partial charge in [-0.3, -0.25) is 4.79 Å². The molecule has 4 rings (SSSR count). The fraction of sp³-hybridized carbons (Fsp3) is 0.625. The third-order valence-electron chi connectivity index (χ3n) is 6.74. The van der Waals surface area contributed by atoms with Crippen LogP contribution in [0.2, 0.25) is 0 Å². The van der Waals surface area contributed by atoms with Crippen LogP contribution in [0.5, 0.6) is 0 Å². The van der Waals surface area contributed by atoms with Crippen LogP contribution in [0.3, 0.4) is 0 Å². The van der Waals surface area contributed by atoms with Crippen LogP contribution < -0.4 is 0 Å². The standard InChI is InChI=1S/C24H34N2O4/c1-25-10-12-26(13-11-25)24(28)22-14-21(20-4-2-3-5-20)15-23(30-22)29-17-19-8-6-18(16-27)7-9-19/h6-9,14,20-21,23,27H,2-5,10-13,15-17H2,1H3/t21-,23+/m0/s1. The van der Waals surface area contributed by atoms with Crippen LogP contribution in [0.25, 0.3) is 0 Å². The van der Waals surface area contributed by atoms with Gasteiger partial charge in [0.25, 0.3) is 5.91 Å². The second-order valence-electron chi connectivity index (χ2n) is 8.90. The molecule has 30 heavy (non-hydrogen) atoms. The number of rotatable bonds is 6. The summed E-state index contributed by atoms with van der Waals surface area (Å²) < 4.78 is 12.2. The quantitative estimate of drug-likeness (QED) is 0.776. The van der Waals surface area contributed by atoms with Crippen molar-refractivity contribution in [1.82, 2.24) is 9.80 Å². The highest BCUT2D eigenvalue weighted by Gasteiger charge is 2.35. The Morgan fingerprint density at radius 3 is 2.43 bits per heavy atom. The van der Waals surface area contributed by atoms with Crippen molar-refractivity contribution in [2.24, 2.45) is 11.8 Å². The minimum atomic E-state index is -0.399. The van der Waals surface area contributed by atoms with Crippen LogP contribution in [0, 0.1) is 11.8 Å². The first kappa shape index (κ1) is 21.3. The molecule has 1 saturated carbocycles. The van der Waals surface area contributed by atoms with Gasteiger partial charge in [-0.2, -0.15) is 0 Å². The number of aliphatic hydroxyl groups is 1. The Kier molecular flexibility index (Phi) is 7.08. The van der Waals surface area contributed by atoms with E-state index in [9.17, 15) is 9.90 Å². The Morgan fingerprint density at radius 2 is 1.77 bits per heavy atom. The first-order chi connectivity index (χ1) is 14.6. The van der Waals surface area contributed by atoms with Crippen LogP contribution in [0.1, 0.15) is 43.2 Å². The monoisotopic (exact) mass is 414 g/mol. The number of carbonyl (C=O) groups excluding carboxylic acids is 1. The Hall–Kier alpha value is -1.89. The molecule has 2 aliphatic heterocycles. The van der Waals surface area contributed by atoms with Gasteiger partial charge in [-0.15, -0.1) is 0 Å². The molecule has 0 aromatic heterocycles. The first-order valence-corrected chi connectivity index (χ1v) is 11.3. The van der Waals surface area contributed by atoms with Gasteiger partial charge in [0.05, 0.1) is 13.2 Å². The lowest BCUT2D eigenvalue weighted by atomic mass is 9.86. The summed E-state index contributed by atoms with van der Waals surface area (Å²) in [6, 6.07) is 7.75. The van der Waals surface area contributed by atoms with Gasteiger partial charge >= 0.3 is 0 Å². The van der Waals surface area contributed by atoms with Crippen molar-refractivity contribution in [3.63, 3.8) is 0 Å². The molecule has 1 amide bonds. The van der Waals surface area contributed by atoms with E-state index in [1.165, 1.54) is 25.7 Å². The molecular formula is C24H34N2O4. The number of likely N-dealkylation sites (N-methyl/N-ethyl adjacent to an activating group) is 1. The van der Waals surface area contributed by atoms with E-state index in [1.807, 2.05) is 29.2 Å². The number of hydrogen-bond acceptors (Lipinski definition) is 5. The minimum Gasteiger partial charge on any atom is -0.459 e. The Balaban J connectivity index is 1.42. The van der Waals surface area contributed by atoms with E-state index in [2.05, 4.69) is 18.0 Å². The Bertz CT molecular complexity index is 734. The Labute approximate surface area is 179 Å². The summed E-state index contributed by atoms with van der Waals surface area (Å²) >= 11 is 0. The number of aliphatic hydroxyl groups excluding tert-OH is 1. The third-order valence-corrected chi connectivity index (χ3v) is 6.74. The van der Waals surface area contributed by atoms with Crippen molar-refractivity contribution < 1.29 is 19.4 Å². The highest BCUT2D eigenvalue weighted by Crippen LogP contribution is 2.38. The highest BCUT2D eigenvalue weighted by atomic mass is 16.7. The number of hydrogen-bond donors (Lipinski definition) is 1. The SMILES string of the molecule is CN1CCN(C(=O)C2=C[C@H](C3CCCC3)C[C@H](OCc3ccc(CO)cc3)O2)CC1. The number of carbonyl (C=O) groups is 1. The van der Waals surface area contributed by atoms with E-state index in [0.717, 1.165) is 43.7 Å². The van der Waals surface area contributed by atoms with E-state index < -0.39 is 6.29 Å². The zero-order valence-electron chi connectivity index (χ0n) is 18.0. The molecule has 6 heteroatoms. The molecule has 6 nitrogen and oxygen atoms in total. The fourth-order valence-electron chi connectivity index (χ4n) is 4.75. The predicted molar refractivity (Wildman–Crippen MR) is 114 cm³/mol. The van der Waals surface area contributed by atoms with Crippen LogP contribution in [-0.4, -0.2) is 60.3 Å². The molecule has 1 N–H and O–H groups in total.